The third-order valence-corrected chi connectivity index (χ3v) is 4.60. The number of hydrogen-bond donors (Lipinski definition) is 0. The molecule has 0 aromatic heterocycles. The van der Waals surface area contributed by atoms with Crippen LogP contribution in [-0.4, -0.2) is 20.2 Å². The molecule has 170 valence electrons. The van der Waals surface area contributed by atoms with Gasteiger partial charge in [0.25, 0.3) is 0 Å². The molecule has 0 N–H and O–H groups in total. The van der Waals surface area contributed by atoms with Crippen molar-refractivity contribution in [2.24, 2.45) is 0 Å². The molecule has 4 nitrogen and oxygen atoms in total. The lowest BCUT2D eigenvalue weighted by atomic mass is 9.99. The highest BCUT2D eigenvalue weighted by Gasteiger charge is 2.30. The van der Waals surface area contributed by atoms with Gasteiger partial charge in [0.15, 0.2) is 0 Å². The second-order valence-electron chi connectivity index (χ2n) is 6.88. The van der Waals surface area contributed by atoms with Crippen LogP contribution in [0.5, 0.6) is 11.5 Å². The molecule has 33 heavy (non-hydrogen) atoms. The van der Waals surface area contributed by atoms with Crippen LogP contribution in [0.4, 0.5) is 13.2 Å². The molecule has 0 saturated heterocycles. The first kappa shape index (κ1) is 23.7. The lowest BCUT2D eigenvalue weighted by Gasteiger charge is -2.10. The normalized spacial score (nSPS) is 12.0. The molecule has 0 amide bonds. The van der Waals surface area contributed by atoms with Crippen LogP contribution in [0.3, 0.4) is 0 Å². The highest BCUT2D eigenvalue weighted by atomic mass is 19.4. The Morgan fingerprint density at radius 1 is 0.848 bits per heavy atom. The van der Waals surface area contributed by atoms with Crippen molar-refractivity contribution < 1.29 is 32.2 Å². The molecule has 0 bridgehead atoms. The average Bonchev–Trinajstić information content (AvgIpc) is 2.81. The summed E-state index contributed by atoms with van der Waals surface area (Å²) >= 11 is 0. The molecule has 3 rings (SSSR count). The number of rotatable bonds is 7. The summed E-state index contributed by atoms with van der Waals surface area (Å²) in [4.78, 5) is 12.2. The maximum atomic E-state index is 12.9. The van der Waals surface area contributed by atoms with Crippen LogP contribution in [0.2, 0.25) is 0 Å². The highest BCUT2D eigenvalue weighted by Crippen LogP contribution is 2.33. The van der Waals surface area contributed by atoms with E-state index in [1.165, 1.54) is 32.6 Å². The Labute approximate surface area is 189 Å². The summed E-state index contributed by atoms with van der Waals surface area (Å²) in [6.45, 7) is 0. The van der Waals surface area contributed by atoms with E-state index in [-0.39, 0.29) is 11.3 Å². The van der Waals surface area contributed by atoms with E-state index in [0.29, 0.717) is 11.3 Å². The molecule has 7 heteroatoms. The molecule has 0 spiro atoms. The quantitative estimate of drug-likeness (QED) is 0.170. The molecule has 0 aliphatic rings. The van der Waals surface area contributed by atoms with E-state index in [4.69, 9.17) is 14.2 Å². The Hall–Kier alpha value is -4.00. The smallest absolute Gasteiger partial charge is 0.416 e. The zero-order valence-corrected chi connectivity index (χ0v) is 17.9. The summed E-state index contributed by atoms with van der Waals surface area (Å²) < 4.78 is 54.3. The monoisotopic (exact) mass is 454 g/mol. The number of carbonyl (C=O) groups excluding carboxylic acids is 1. The van der Waals surface area contributed by atoms with Crippen LogP contribution < -0.4 is 4.74 Å². The lowest BCUT2D eigenvalue weighted by molar-refractivity contribution is -0.137. The van der Waals surface area contributed by atoms with E-state index in [1.807, 2.05) is 24.3 Å². The van der Waals surface area contributed by atoms with Gasteiger partial charge in [-0.3, -0.25) is 0 Å². The van der Waals surface area contributed by atoms with Crippen molar-refractivity contribution >= 4 is 23.7 Å². The van der Waals surface area contributed by atoms with Crippen LogP contribution >= 0.6 is 0 Å². The number of carbonyl (C=O) groups is 1. The topological polar surface area (TPSA) is 44.8 Å². The third-order valence-electron chi connectivity index (χ3n) is 4.60. The maximum Gasteiger partial charge on any atom is 0.416 e. The van der Waals surface area contributed by atoms with Gasteiger partial charge < -0.3 is 14.2 Å². The van der Waals surface area contributed by atoms with Crippen molar-refractivity contribution in [3.63, 3.8) is 0 Å². The van der Waals surface area contributed by atoms with Gasteiger partial charge in [0.05, 0.1) is 26.0 Å². The second kappa shape index (κ2) is 10.5. The van der Waals surface area contributed by atoms with E-state index < -0.39 is 17.7 Å². The highest BCUT2D eigenvalue weighted by molar-refractivity contribution is 6.17. The SMILES string of the molecule is COC=C(C(=O)OC)c1ccccc1C=Cc1cccc(Oc2cccc(C(F)(F)F)c2)c1. The predicted molar refractivity (Wildman–Crippen MR) is 120 cm³/mol. The number of hydrogen-bond acceptors (Lipinski definition) is 4. The van der Waals surface area contributed by atoms with Crippen molar-refractivity contribution in [2.75, 3.05) is 14.2 Å². The molecule has 0 heterocycles. The van der Waals surface area contributed by atoms with Crippen LogP contribution in [-0.2, 0) is 20.4 Å². The minimum atomic E-state index is -4.45. The Bertz CT molecular complexity index is 1180. The van der Waals surface area contributed by atoms with Crippen molar-refractivity contribution in [1.82, 2.24) is 0 Å². The number of benzene rings is 3. The Morgan fingerprint density at radius 2 is 1.55 bits per heavy atom. The third kappa shape index (κ3) is 6.26. The summed E-state index contributed by atoms with van der Waals surface area (Å²) in [5.74, 6) is -0.0582. The number of esters is 1. The van der Waals surface area contributed by atoms with E-state index in [0.717, 1.165) is 23.3 Å². The second-order valence-corrected chi connectivity index (χ2v) is 6.88. The van der Waals surface area contributed by atoms with Crippen LogP contribution in [0.15, 0.2) is 79.1 Å². The summed E-state index contributed by atoms with van der Waals surface area (Å²) in [7, 11) is 2.73. The van der Waals surface area contributed by atoms with E-state index in [2.05, 4.69) is 0 Å². The van der Waals surface area contributed by atoms with Gasteiger partial charge in [0, 0.05) is 0 Å². The first-order valence-electron chi connectivity index (χ1n) is 9.86. The molecule has 0 aliphatic carbocycles. The zero-order chi connectivity index (χ0) is 23.8. The first-order valence-corrected chi connectivity index (χ1v) is 9.86. The van der Waals surface area contributed by atoms with E-state index in [9.17, 15) is 18.0 Å². The van der Waals surface area contributed by atoms with Gasteiger partial charge in [-0.25, -0.2) is 4.79 Å². The minimum Gasteiger partial charge on any atom is -0.503 e. The van der Waals surface area contributed by atoms with Crippen LogP contribution in [0, 0.1) is 0 Å². The fraction of sp³-hybridized carbons (Fsp3) is 0.115. The number of halogens is 3. The minimum absolute atomic E-state index is 0.0868. The van der Waals surface area contributed by atoms with Crippen LogP contribution in [0.1, 0.15) is 22.3 Å². The van der Waals surface area contributed by atoms with E-state index in [1.54, 1.807) is 36.4 Å². The van der Waals surface area contributed by atoms with Gasteiger partial charge in [-0.2, -0.15) is 13.2 Å². The molecule has 0 atom stereocenters. The molecule has 0 fully saturated rings. The maximum absolute atomic E-state index is 12.9. The molecule has 0 aliphatic heterocycles. The average molecular weight is 454 g/mol. The summed E-state index contributed by atoms with van der Waals surface area (Å²) in [6, 6.07) is 18.9. The molecule has 3 aromatic carbocycles. The molecular weight excluding hydrogens is 433 g/mol. The predicted octanol–water partition coefficient (Wildman–Crippen LogP) is 6.83. The van der Waals surface area contributed by atoms with E-state index >= 15 is 0 Å². The molecule has 3 aromatic rings. The Morgan fingerprint density at radius 3 is 2.24 bits per heavy atom. The van der Waals surface area contributed by atoms with Crippen molar-refractivity contribution in [3.8, 4) is 11.5 Å². The largest absolute Gasteiger partial charge is 0.503 e. The van der Waals surface area contributed by atoms with Gasteiger partial charge in [-0.1, -0.05) is 54.6 Å². The lowest BCUT2D eigenvalue weighted by Crippen LogP contribution is -2.05. The van der Waals surface area contributed by atoms with Gasteiger partial charge in [-0.15, -0.1) is 0 Å². The summed E-state index contributed by atoms with van der Waals surface area (Å²) in [6.07, 6.45) is 0.490. The Kier molecular flexibility index (Phi) is 7.56. The first-order chi connectivity index (χ1) is 15.8. The van der Waals surface area contributed by atoms with Gasteiger partial charge in [-0.05, 0) is 47.0 Å². The van der Waals surface area contributed by atoms with Crippen molar-refractivity contribution in [2.45, 2.75) is 6.18 Å². The summed E-state index contributed by atoms with van der Waals surface area (Å²) in [5.41, 5.74) is 1.61. The molecule has 0 saturated carbocycles. The van der Waals surface area contributed by atoms with Gasteiger partial charge >= 0.3 is 12.1 Å². The fourth-order valence-corrected chi connectivity index (χ4v) is 3.08. The van der Waals surface area contributed by atoms with Gasteiger partial charge in [0.2, 0.25) is 0 Å². The van der Waals surface area contributed by atoms with Crippen LogP contribution in [0.25, 0.3) is 17.7 Å². The molecule has 0 radical (unpaired) electrons. The number of alkyl halides is 3. The standard InChI is InChI=1S/C26H21F3O4/c1-31-17-24(25(30)32-2)23-12-4-3-8-19(23)14-13-18-7-5-10-21(15-18)33-22-11-6-9-20(16-22)26(27,28)29/h3-17H,1-2H3. The summed E-state index contributed by atoms with van der Waals surface area (Å²) in [5, 5.41) is 0. The van der Waals surface area contributed by atoms with Crippen molar-refractivity contribution in [3.05, 3.63) is 101 Å². The van der Waals surface area contributed by atoms with Gasteiger partial charge in [0.1, 0.15) is 17.1 Å². The molecular formula is C26H21F3O4. The molecule has 0 unspecified atom stereocenters. The Balaban J connectivity index is 1.85. The fourth-order valence-electron chi connectivity index (χ4n) is 3.08. The number of ether oxygens (including phenoxy) is 3. The number of methoxy groups -OCH3 is 2. The zero-order valence-electron chi connectivity index (χ0n) is 17.9. The van der Waals surface area contributed by atoms with Crippen molar-refractivity contribution in [1.29, 1.82) is 0 Å².